The van der Waals surface area contributed by atoms with Crippen molar-refractivity contribution in [2.45, 2.75) is 29.4 Å². The van der Waals surface area contributed by atoms with Crippen LogP contribution in [0.15, 0.2) is 24.3 Å². The van der Waals surface area contributed by atoms with Crippen LogP contribution in [0.4, 0.5) is 5.69 Å². The maximum absolute atomic E-state index is 12.8. The molecule has 7 nitrogen and oxygen atoms in total. The Morgan fingerprint density at radius 2 is 1.70 bits per heavy atom. The lowest BCUT2D eigenvalue weighted by atomic mass is 9.81. The first-order valence-electron chi connectivity index (χ1n) is 9.94. The zero-order valence-electron chi connectivity index (χ0n) is 16.3. The largest absolute Gasteiger partial charge is 0.456 e. The van der Waals surface area contributed by atoms with E-state index >= 15 is 0 Å². The van der Waals surface area contributed by atoms with Gasteiger partial charge in [-0.3, -0.25) is 24.1 Å². The lowest BCUT2D eigenvalue weighted by Gasteiger charge is -2.28. The molecule has 9 heteroatoms. The summed E-state index contributed by atoms with van der Waals surface area (Å²) in [5.74, 6) is -1.74. The predicted octanol–water partition coefficient (Wildman–Crippen LogP) is 2.64. The number of imide groups is 1. The van der Waals surface area contributed by atoms with E-state index in [1.807, 2.05) is 19.1 Å². The predicted molar refractivity (Wildman–Crippen MR) is 116 cm³/mol. The van der Waals surface area contributed by atoms with Gasteiger partial charge in [-0.25, -0.2) is 0 Å². The second kappa shape index (κ2) is 8.42. The number of nitrogens with zero attached hydrogens (tertiary/aromatic N) is 1. The fraction of sp³-hybridized carbons (Fsp3) is 0.524. The van der Waals surface area contributed by atoms with Crippen molar-refractivity contribution < 1.29 is 23.9 Å². The third-order valence-electron chi connectivity index (χ3n) is 6.40. The Morgan fingerprint density at radius 3 is 2.30 bits per heavy atom. The molecule has 6 atom stereocenters. The topological polar surface area (TPSA) is 92.8 Å². The third kappa shape index (κ3) is 3.70. The Hall–Kier alpha value is -1.74. The fourth-order valence-corrected chi connectivity index (χ4v) is 6.83. The number of halogens is 2. The molecule has 1 aromatic carbocycles. The molecule has 160 valence electrons. The highest BCUT2D eigenvalue weighted by atomic mass is 79.9. The van der Waals surface area contributed by atoms with Crippen LogP contribution in [-0.4, -0.2) is 51.4 Å². The molecule has 2 bridgehead atoms. The smallest absolute Gasteiger partial charge is 0.308 e. The van der Waals surface area contributed by atoms with Crippen LogP contribution in [0.2, 0.25) is 0 Å². The highest BCUT2D eigenvalue weighted by molar-refractivity contribution is 9.12. The van der Waals surface area contributed by atoms with E-state index in [4.69, 9.17) is 4.74 Å². The Bertz CT molecular complexity index is 875. The molecule has 30 heavy (non-hydrogen) atoms. The first-order valence-corrected chi connectivity index (χ1v) is 11.8. The van der Waals surface area contributed by atoms with Crippen molar-refractivity contribution >= 4 is 61.2 Å². The zero-order chi connectivity index (χ0) is 21.6. The number of carbonyl (C=O) groups excluding carboxylic acids is 4. The summed E-state index contributed by atoms with van der Waals surface area (Å²) in [4.78, 5) is 51.2. The monoisotopic (exact) mass is 540 g/mol. The second-order valence-corrected chi connectivity index (χ2v) is 10.2. The molecule has 1 saturated heterocycles. The number of benzene rings is 1. The Labute approximate surface area is 191 Å². The Kier molecular flexibility index (Phi) is 6.03. The molecule has 0 unspecified atom stereocenters. The quantitative estimate of drug-likeness (QED) is 0.339. The molecule has 0 aromatic heterocycles. The summed E-state index contributed by atoms with van der Waals surface area (Å²) in [6.07, 6.45) is 0.740. The van der Waals surface area contributed by atoms with Gasteiger partial charge in [0.05, 0.1) is 18.3 Å². The Balaban J connectivity index is 1.27. The molecule has 1 aliphatic heterocycles. The number of hydrogen-bond acceptors (Lipinski definition) is 5. The van der Waals surface area contributed by atoms with Crippen molar-refractivity contribution in [3.05, 3.63) is 29.8 Å². The third-order valence-corrected chi connectivity index (χ3v) is 9.61. The van der Waals surface area contributed by atoms with E-state index in [0.717, 1.165) is 12.0 Å². The molecule has 3 fully saturated rings. The number of likely N-dealkylation sites (tertiary alicyclic amines) is 1. The number of rotatable bonds is 6. The van der Waals surface area contributed by atoms with Crippen molar-refractivity contribution in [3.8, 4) is 0 Å². The number of amides is 3. The second-order valence-electron chi connectivity index (χ2n) is 8.11. The van der Waals surface area contributed by atoms with Crippen molar-refractivity contribution in [3.63, 3.8) is 0 Å². The highest BCUT2D eigenvalue weighted by Gasteiger charge is 2.66. The number of carbonyl (C=O) groups is 4. The van der Waals surface area contributed by atoms with Gasteiger partial charge < -0.3 is 10.1 Å². The lowest BCUT2D eigenvalue weighted by Crippen LogP contribution is -2.37. The molecule has 0 radical (unpaired) electrons. The molecule has 2 saturated carbocycles. The molecule has 1 aromatic rings. The first kappa shape index (κ1) is 21.5. The molecule has 1 heterocycles. The van der Waals surface area contributed by atoms with E-state index < -0.39 is 18.5 Å². The molecule has 0 spiro atoms. The van der Waals surface area contributed by atoms with Gasteiger partial charge in [-0.15, -0.1) is 0 Å². The maximum atomic E-state index is 12.8. The molecule has 2 aliphatic carbocycles. The molecule has 3 aliphatic rings. The van der Waals surface area contributed by atoms with Gasteiger partial charge in [-0.1, -0.05) is 50.1 Å². The molecule has 3 amide bonds. The van der Waals surface area contributed by atoms with Crippen molar-refractivity contribution in [2.75, 3.05) is 18.5 Å². The number of fused-ring (bicyclic) bond motifs is 5. The van der Waals surface area contributed by atoms with Gasteiger partial charge in [0.1, 0.15) is 0 Å². The zero-order valence-corrected chi connectivity index (χ0v) is 19.5. The number of aryl methyl sites for hydroxylation is 1. The summed E-state index contributed by atoms with van der Waals surface area (Å²) in [6.45, 7) is 1.44. The van der Waals surface area contributed by atoms with Crippen LogP contribution in [0.5, 0.6) is 0 Å². The summed E-state index contributed by atoms with van der Waals surface area (Å²) in [6, 6.07) is 7.29. The lowest BCUT2D eigenvalue weighted by molar-refractivity contribution is -0.149. The minimum Gasteiger partial charge on any atom is -0.456 e. The van der Waals surface area contributed by atoms with Gasteiger partial charge >= 0.3 is 5.97 Å². The van der Waals surface area contributed by atoms with Gasteiger partial charge in [-0.2, -0.15) is 0 Å². The van der Waals surface area contributed by atoms with Gasteiger partial charge in [0.25, 0.3) is 5.91 Å². The number of alkyl halides is 2. The van der Waals surface area contributed by atoms with Crippen LogP contribution in [-0.2, 0) is 23.9 Å². The van der Waals surface area contributed by atoms with Gasteiger partial charge in [-0.05, 0) is 36.8 Å². The van der Waals surface area contributed by atoms with E-state index in [2.05, 4.69) is 37.2 Å². The summed E-state index contributed by atoms with van der Waals surface area (Å²) in [7, 11) is 0. The van der Waals surface area contributed by atoms with Crippen LogP contribution in [0.3, 0.4) is 0 Å². The summed E-state index contributed by atoms with van der Waals surface area (Å²) >= 11 is 7.30. The van der Waals surface area contributed by atoms with Gasteiger partial charge in [0.2, 0.25) is 11.8 Å². The van der Waals surface area contributed by atoms with Crippen LogP contribution in [0, 0.1) is 30.6 Å². The van der Waals surface area contributed by atoms with E-state index in [1.54, 1.807) is 12.1 Å². The van der Waals surface area contributed by atoms with Crippen molar-refractivity contribution in [2.24, 2.45) is 23.7 Å². The molecular weight excluding hydrogens is 520 g/mol. The first-order chi connectivity index (χ1) is 14.3. The van der Waals surface area contributed by atoms with Gasteiger partial charge in [0.15, 0.2) is 6.61 Å². The molecule has 4 rings (SSSR count). The average molecular weight is 542 g/mol. The SMILES string of the molecule is Cc1ccccc1NC(=O)COC(=O)CCN1C(=O)[C@@H]2[C@H]3C[C@@H]([C@H](Br)[C@H]3Br)[C@@H]2C1=O. The van der Waals surface area contributed by atoms with Crippen LogP contribution >= 0.6 is 31.9 Å². The van der Waals surface area contributed by atoms with Gasteiger partial charge in [0, 0.05) is 21.9 Å². The van der Waals surface area contributed by atoms with E-state index in [-0.39, 0.29) is 58.1 Å². The number of ether oxygens (including phenoxy) is 1. The summed E-state index contributed by atoms with van der Waals surface area (Å²) < 4.78 is 5.01. The molecular formula is C21H22Br2N2O5. The number of nitrogens with one attached hydrogen (secondary N) is 1. The number of para-hydroxylation sites is 1. The normalized spacial score (nSPS) is 31.8. The molecule has 1 N–H and O–H groups in total. The number of anilines is 1. The summed E-state index contributed by atoms with van der Waals surface area (Å²) in [5, 5.41) is 2.68. The van der Waals surface area contributed by atoms with Crippen LogP contribution in [0.1, 0.15) is 18.4 Å². The van der Waals surface area contributed by atoms with E-state index in [9.17, 15) is 19.2 Å². The van der Waals surface area contributed by atoms with E-state index in [0.29, 0.717) is 5.69 Å². The maximum Gasteiger partial charge on any atom is 0.308 e. The average Bonchev–Trinajstić information content (AvgIpc) is 3.32. The minimum absolute atomic E-state index is 0.0116. The van der Waals surface area contributed by atoms with Crippen LogP contribution in [0.25, 0.3) is 0 Å². The standard InChI is InChI=1S/C21H22Br2N2O5/c1-10-4-2-3-5-13(10)24-14(26)9-30-15(27)6-7-25-20(28)16-11-8-12(17(16)21(25)29)19(23)18(11)22/h2-5,11-12,16-19H,6-9H2,1H3,(H,24,26)/t11-,12-,16-,17+,18+,19+/m1/s1. The minimum atomic E-state index is -0.618. The van der Waals surface area contributed by atoms with Crippen LogP contribution < -0.4 is 5.32 Å². The summed E-state index contributed by atoms with van der Waals surface area (Å²) in [5.41, 5.74) is 1.56. The fourth-order valence-electron chi connectivity index (χ4n) is 4.95. The Morgan fingerprint density at radius 1 is 1.10 bits per heavy atom. The van der Waals surface area contributed by atoms with Crippen molar-refractivity contribution in [1.82, 2.24) is 4.90 Å². The number of hydrogen-bond donors (Lipinski definition) is 1. The highest BCUT2D eigenvalue weighted by Crippen LogP contribution is 2.60. The number of esters is 1. The van der Waals surface area contributed by atoms with Crippen molar-refractivity contribution in [1.29, 1.82) is 0 Å². The van der Waals surface area contributed by atoms with E-state index in [1.165, 1.54) is 4.90 Å².